The van der Waals surface area contributed by atoms with Gasteiger partial charge in [-0.3, -0.25) is 4.99 Å². The highest BCUT2D eigenvalue weighted by molar-refractivity contribution is 14.0. The Labute approximate surface area is 174 Å². The Kier molecular flexibility index (Phi) is 10.3. The van der Waals surface area contributed by atoms with E-state index in [2.05, 4.69) is 41.6 Å². The molecular formula is C19H34IN3OS. The molecule has 0 aromatic carbocycles. The maximum Gasteiger partial charge on any atom is 0.191 e. The normalized spacial score (nSPS) is 17.8. The maximum absolute atomic E-state index is 5.32. The maximum atomic E-state index is 5.32. The van der Waals surface area contributed by atoms with Crippen molar-refractivity contribution in [3.63, 3.8) is 0 Å². The van der Waals surface area contributed by atoms with Crippen LogP contribution in [0.1, 0.15) is 48.8 Å². The molecule has 1 atom stereocenters. The Morgan fingerprint density at radius 3 is 2.64 bits per heavy atom. The Bertz CT molecular complexity index is 526. The van der Waals surface area contributed by atoms with Crippen LogP contribution in [0.3, 0.4) is 0 Å². The first-order valence-corrected chi connectivity index (χ1v) is 9.90. The number of thiophene rings is 1. The zero-order valence-corrected chi connectivity index (χ0v) is 19.2. The van der Waals surface area contributed by atoms with Gasteiger partial charge in [0, 0.05) is 49.5 Å². The van der Waals surface area contributed by atoms with Crippen molar-refractivity contribution in [3.05, 3.63) is 21.9 Å². The summed E-state index contributed by atoms with van der Waals surface area (Å²) in [6.45, 7) is 6.22. The topological polar surface area (TPSA) is 45.7 Å². The zero-order chi connectivity index (χ0) is 17.4. The number of hydrogen-bond donors (Lipinski definition) is 2. The number of nitrogens with zero attached hydrogens (tertiary/aromatic N) is 1. The number of hydrogen-bond acceptors (Lipinski definition) is 3. The molecule has 0 amide bonds. The predicted octanol–water partition coefficient (Wildman–Crippen LogP) is 4.37. The van der Waals surface area contributed by atoms with Crippen LogP contribution in [0, 0.1) is 12.3 Å². The summed E-state index contributed by atoms with van der Waals surface area (Å²) in [5.41, 5.74) is 0.377. The number of aryl methyl sites for hydroxylation is 1. The van der Waals surface area contributed by atoms with Crippen LogP contribution < -0.4 is 10.6 Å². The largest absolute Gasteiger partial charge is 0.385 e. The number of guanidine groups is 1. The molecule has 4 nitrogen and oxygen atoms in total. The van der Waals surface area contributed by atoms with Crippen LogP contribution in [0.5, 0.6) is 0 Å². The molecule has 2 rings (SSSR count). The lowest BCUT2D eigenvalue weighted by molar-refractivity contribution is 0.138. The standard InChI is InChI=1S/C19H33N3OS.HI/c1-15(13-17-8-7-16(2)24-17)22-18(20-3)21-14-19(11-12-23-4)9-5-6-10-19;/h7-8,15H,5-6,9-14H2,1-4H3,(H2,20,21,22);1H. The van der Waals surface area contributed by atoms with E-state index >= 15 is 0 Å². The van der Waals surface area contributed by atoms with Crippen LogP contribution in [-0.4, -0.2) is 39.3 Å². The Balaban J connectivity index is 0.00000312. The van der Waals surface area contributed by atoms with Gasteiger partial charge in [0.05, 0.1) is 0 Å². The van der Waals surface area contributed by atoms with Gasteiger partial charge in [-0.2, -0.15) is 0 Å². The van der Waals surface area contributed by atoms with E-state index in [0.717, 1.165) is 32.0 Å². The van der Waals surface area contributed by atoms with Crippen molar-refractivity contribution >= 4 is 41.3 Å². The molecule has 0 spiro atoms. The van der Waals surface area contributed by atoms with Crippen molar-refractivity contribution in [2.75, 3.05) is 27.3 Å². The highest BCUT2D eigenvalue weighted by Crippen LogP contribution is 2.40. The Morgan fingerprint density at radius 2 is 2.08 bits per heavy atom. The lowest BCUT2D eigenvalue weighted by Crippen LogP contribution is -2.46. The van der Waals surface area contributed by atoms with E-state index in [9.17, 15) is 0 Å². The van der Waals surface area contributed by atoms with E-state index in [1.165, 1.54) is 35.4 Å². The highest BCUT2D eigenvalue weighted by atomic mass is 127. The minimum Gasteiger partial charge on any atom is -0.385 e. The van der Waals surface area contributed by atoms with E-state index in [4.69, 9.17) is 4.74 Å². The van der Waals surface area contributed by atoms with Crippen molar-refractivity contribution in [3.8, 4) is 0 Å². The fourth-order valence-corrected chi connectivity index (χ4v) is 4.62. The van der Waals surface area contributed by atoms with Gasteiger partial charge in [-0.15, -0.1) is 35.3 Å². The summed E-state index contributed by atoms with van der Waals surface area (Å²) < 4.78 is 5.32. The van der Waals surface area contributed by atoms with E-state index < -0.39 is 0 Å². The molecular weight excluding hydrogens is 445 g/mol. The summed E-state index contributed by atoms with van der Waals surface area (Å²) in [5, 5.41) is 7.11. The molecule has 1 unspecified atom stereocenters. The third-order valence-electron chi connectivity index (χ3n) is 5.04. The molecule has 1 fully saturated rings. The average Bonchev–Trinajstić information content (AvgIpc) is 3.19. The van der Waals surface area contributed by atoms with E-state index in [1.54, 1.807) is 7.11 Å². The highest BCUT2D eigenvalue weighted by Gasteiger charge is 2.33. The SMILES string of the molecule is CN=C(NCC1(CCOC)CCCC1)NC(C)Cc1ccc(C)s1.I. The molecule has 0 aliphatic heterocycles. The van der Waals surface area contributed by atoms with Crippen molar-refractivity contribution < 1.29 is 4.74 Å². The van der Waals surface area contributed by atoms with Crippen LogP contribution in [-0.2, 0) is 11.2 Å². The van der Waals surface area contributed by atoms with Crippen molar-refractivity contribution in [1.82, 2.24) is 10.6 Å². The minimum atomic E-state index is 0. The fourth-order valence-electron chi connectivity index (χ4n) is 3.61. The first-order chi connectivity index (χ1) is 11.6. The van der Waals surface area contributed by atoms with Gasteiger partial charge in [0.15, 0.2) is 5.96 Å². The molecule has 0 saturated heterocycles. The molecule has 1 heterocycles. The molecule has 0 radical (unpaired) electrons. The van der Waals surface area contributed by atoms with Gasteiger partial charge in [0.2, 0.25) is 0 Å². The molecule has 1 aromatic rings. The molecule has 25 heavy (non-hydrogen) atoms. The second kappa shape index (κ2) is 11.4. The van der Waals surface area contributed by atoms with Gasteiger partial charge in [0.1, 0.15) is 0 Å². The Morgan fingerprint density at radius 1 is 1.36 bits per heavy atom. The fraction of sp³-hybridized carbons (Fsp3) is 0.737. The number of rotatable bonds is 8. The van der Waals surface area contributed by atoms with Crippen LogP contribution >= 0.6 is 35.3 Å². The molecule has 0 bridgehead atoms. The lowest BCUT2D eigenvalue weighted by Gasteiger charge is -2.30. The number of aliphatic imine (C=N–C) groups is 1. The quantitative estimate of drug-likeness (QED) is 0.331. The summed E-state index contributed by atoms with van der Waals surface area (Å²) in [5.74, 6) is 0.916. The first-order valence-electron chi connectivity index (χ1n) is 9.08. The van der Waals surface area contributed by atoms with Gasteiger partial charge >= 0.3 is 0 Å². The third-order valence-corrected chi connectivity index (χ3v) is 6.06. The molecule has 1 saturated carbocycles. The van der Waals surface area contributed by atoms with Crippen LogP contribution in [0.2, 0.25) is 0 Å². The average molecular weight is 479 g/mol. The summed E-state index contributed by atoms with van der Waals surface area (Å²) in [6, 6.07) is 4.79. The van der Waals surface area contributed by atoms with Gasteiger partial charge in [0.25, 0.3) is 0 Å². The smallest absolute Gasteiger partial charge is 0.191 e. The van der Waals surface area contributed by atoms with Crippen molar-refractivity contribution in [2.24, 2.45) is 10.4 Å². The van der Waals surface area contributed by atoms with E-state index in [1.807, 2.05) is 18.4 Å². The molecule has 144 valence electrons. The van der Waals surface area contributed by atoms with Gasteiger partial charge in [-0.25, -0.2) is 0 Å². The van der Waals surface area contributed by atoms with E-state index in [0.29, 0.717) is 11.5 Å². The molecule has 6 heteroatoms. The number of ether oxygens (including phenoxy) is 1. The van der Waals surface area contributed by atoms with Crippen molar-refractivity contribution in [1.29, 1.82) is 0 Å². The molecule has 1 aliphatic rings. The second-order valence-electron chi connectivity index (χ2n) is 7.14. The third kappa shape index (κ3) is 7.43. The number of halogens is 1. The first kappa shape index (κ1) is 22.7. The van der Waals surface area contributed by atoms with Crippen LogP contribution in [0.4, 0.5) is 0 Å². The van der Waals surface area contributed by atoms with Crippen LogP contribution in [0.15, 0.2) is 17.1 Å². The number of methoxy groups -OCH3 is 1. The second-order valence-corrected chi connectivity index (χ2v) is 8.51. The summed E-state index contributed by atoms with van der Waals surface area (Å²) in [4.78, 5) is 7.22. The van der Waals surface area contributed by atoms with Gasteiger partial charge < -0.3 is 15.4 Å². The van der Waals surface area contributed by atoms with Gasteiger partial charge in [-0.1, -0.05) is 12.8 Å². The summed E-state index contributed by atoms with van der Waals surface area (Å²) in [7, 11) is 3.65. The van der Waals surface area contributed by atoms with E-state index in [-0.39, 0.29) is 24.0 Å². The Hall–Kier alpha value is -0.340. The summed E-state index contributed by atoms with van der Waals surface area (Å²) in [6.07, 6.45) is 7.44. The molecule has 1 aromatic heterocycles. The van der Waals surface area contributed by atoms with Crippen LogP contribution in [0.25, 0.3) is 0 Å². The monoisotopic (exact) mass is 479 g/mol. The molecule has 2 N–H and O–H groups in total. The zero-order valence-electron chi connectivity index (χ0n) is 16.1. The van der Waals surface area contributed by atoms with Crippen molar-refractivity contribution in [2.45, 2.75) is 58.4 Å². The molecule has 1 aliphatic carbocycles. The minimum absolute atomic E-state index is 0. The number of nitrogens with one attached hydrogen (secondary N) is 2. The lowest BCUT2D eigenvalue weighted by atomic mass is 9.83. The van der Waals surface area contributed by atoms with Gasteiger partial charge in [-0.05, 0) is 50.7 Å². The predicted molar refractivity (Wildman–Crippen MR) is 120 cm³/mol. The summed E-state index contributed by atoms with van der Waals surface area (Å²) >= 11 is 1.88.